The predicted molar refractivity (Wildman–Crippen MR) is 322 cm³/mol. The number of halogens is 3. The summed E-state index contributed by atoms with van der Waals surface area (Å²) in [6.07, 6.45) is 8.90. The monoisotopic (exact) mass is 1190 g/mol. The van der Waals surface area contributed by atoms with E-state index in [2.05, 4.69) is 50.5 Å². The number of rotatable bonds is 11. The number of carbonyl (C=O) groups is 1. The molecular weight excluding hydrogens is 1120 g/mol. The minimum Gasteiger partial charge on any atom is -0.380 e. The van der Waals surface area contributed by atoms with Gasteiger partial charge in [-0.1, -0.05) is 36.2 Å². The molecule has 1 atom stereocenters. The van der Waals surface area contributed by atoms with E-state index >= 15 is 0 Å². The van der Waals surface area contributed by atoms with Crippen molar-refractivity contribution in [2.24, 2.45) is 0 Å². The Balaban J connectivity index is 0.000000128. The molecule has 20 nitrogen and oxygen atoms in total. The largest absolute Gasteiger partial charge is 0.380 e. The summed E-state index contributed by atoms with van der Waals surface area (Å²) in [5.74, 6) is 3.54. The van der Waals surface area contributed by atoms with E-state index in [0.717, 1.165) is 116 Å². The first kappa shape index (κ1) is 59.3. The molecule has 5 fully saturated rings. The summed E-state index contributed by atoms with van der Waals surface area (Å²) < 4.78 is 77.8. The summed E-state index contributed by atoms with van der Waals surface area (Å²) >= 11 is 0. The Labute approximate surface area is 501 Å². The molecule has 0 amide bonds. The van der Waals surface area contributed by atoms with Crippen LogP contribution >= 0.6 is 0 Å². The molecule has 11 heterocycles. The highest BCUT2D eigenvalue weighted by atomic mass is 19.1. The van der Waals surface area contributed by atoms with Gasteiger partial charge in [-0.3, -0.25) is 4.79 Å². The predicted octanol–water partition coefficient (Wildman–Crippen LogP) is 11.1. The first-order chi connectivity index (χ1) is 42.2. The lowest BCUT2D eigenvalue weighted by Gasteiger charge is -2.38. The molecule has 1 spiro atoms. The van der Waals surface area contributed by atoms with Crippen molar-refractivity contribution in [2.45, 2.75) is 130 Å². The maximum Gasteiger partial charge on any atom is 0.261 e. The summed E-state index contributed by atoms with van der Waals surface area (Å²) in [4.78, 5) is 45.2. The van der Waals surface area contributed by atoms with E-state index in [1.807, 2.05) is 62.1 Å². The van der Waals surface area contributed by atoms with Crippen LogP contribution in [0.2, 0.25) is 0 Å². The number of carbonyl (C=O) groups excluding carboxylic acids is 1. The van der Waals surface area contributed by atoms with Crippen LogP contribution in [0.4, 0.5) is 30.6 Å². The Morgan fingerprint density at radius 3 is 1.28 bits per heavy atom. The van der Waals surface area contributed by atoms with Crippen LogP contribution < -0.4 is 20.0 Å². The number of Topliss-reactive ketones (excluding diaryl/α,β-unsaturated/α-hetero) is 1. The van der Waals surface area contributed by atoms with Gasteiger partial charge in [-0.25, -0.2) is 28.1 Å². The molecule has 6 aromatic heterocycles. The second-order valence-corrected chi connectivity index (χ2v) is 23.0. The molecule has 9 aromatic rings. The molecule has 3 aromatic carbocycles. The molecule has 0 unspecified atom stereocenters. The van der Waals surface area contributed by atoms with Crippen molar-refractivity contribution in [3.63, 3.8) is 0 Å². The number of benzene rings is 3. The molecule has 0 saturated carbocycles. The van der Waals surface area contributed by atoms with Gasteiger partial charge in [-0.05, 0) is 137 Å². The highest BCUT2D eigenvalue weighted by Crippen LogP contribution is 2.40. The molecule has 1 N–H and O–H groups in total. The quantitative estimate of drug-likeness (QED) is 0.127. The second kappa shape index (κ2) is 25.8. The first-order valence-corrected chi connectivity index (χ1v) is 30.4. The first-order valence-electron chi connectivity index (χ1n) is 30.4. The highest BCUT2D eigenvalue weighted by Gasteiger charge is 2.41. The molecule has 0 aliphatic carbocycles. The number of aromatic nitrogens is 9. The van der Waals surface area contributed by atoms with E-state index < -0.39 is 5.79 Å². The van der Waals surface area contributed by atoms with Gasteiger partial charge in [-0.2, -0.15) is 15.0 Å². The zero-order chi connectivity index (χ0) is 60.3. The Kier molecular flexibility index (Phi) is 17.6. The van der Waals surface area contributed by atoms with E-state index in [1.54, 1.807) is 32.9 Å². The fourth-order valence-electron chi connectivity index (χ4n) is 12.2. The molecule has 14 rings (SSSR count). The van der Waals surface area contributed by atoms with Crippen molar-refractivity contribution in [1.29, 1.82) is 0 Å². The van der Waals surface area contributed by atoms with E-state index in [0.29, 0.717) is 144 Å². The van der Waals surface area contributed by atoms with Crippen molar-refractivity contribution in [3.8, 4) is 34.4 Å². The van der Waals surface area contributed by atoms with Crippen LogP contribution in [0.15, 0.2) is 68.2 Å². The lowest BCUT2D eigenvalue weighted by atomic mass is 10.0. The van der Waals surface area contributed by atoms with Crippen LogP contribution in [0.5, 0.6) is 0 Å². The number of pyridine rings is 3. The standard InChI is InChI=1S/C24H30FN5O2.C21H23FN4O3.C19H19FN4O2/c1-3-16-11-17-13-20(24-26-15(2)29-32-24)23(28-22(17)21(25)12-16)30-8-6-18(7-9-30)27-19-5-4-10-31-14-19;1-3-14-10-15-12-16(20-23-13(2)25-29-20)19(24-18(15)17(22)11-14)26-6-4-21(5-7-26)27-8-9-28-21;1-3-12-8-13-10-15(19-21-11(2)23-26-19)18(22-17(13)16(20)9-12)24-6-4-14(25)5-7-24/h11-13,18-19,27H,3-10,14H2,1-2H3;10-12H,3-9H2,1-2H3;8-10H,3-7H2,1-2H3/t19-;;/m1../s1. The summed E-state index contributed by atoms with van der Waals surface area (Å²) in [6, 6.07) is 17.1. The maximum atomic E-state index is 14.9. The van der Waals surface area contributed by atoms with Crippen LogP contribution in [0.3, 0.4) is 0 Å². The number of ether oxygens (including phenoxy) is 3. The van der Waals surface area contributed by atoms with Crippen molar-refractivity contribution in [2.75, 3.05) is 80.4 Å². The van der Waals surface area contributed by atoms with Crippen molar-refractivity contribution in [1.82, 2.24) is 50.7 Å². The maximum absolute atomic E-state index is 14.9. The molecule has 456 valence electrons. The van der Waals surface area contributed by atoms with Crippen LogP contribution in [0.1, 0.15) is 106 Å². The third-order valence-electron chi connectivity index (χ3n) is 16.9. The lowest BCUT2D eigenvalue weighted by Crippen LogP contribution is -2.48. The zero-order valence-corrected chi connectivity index (χ0v) is 50.1. The van der Waals surface area contributed by atoms with Crippen molar-refractivity contribution >= 4 is 55.9 Å². The van der Waals surface area contributed by atoms with Crippen LogP contribution in [-0.2, 0) is 38.3 Å². The second-order valence-electron chi connectivity index (χ2n) is 23.0. The van der Waals surface area contributed by atoms with Gasteiger partial charge in [0.05, 0.1) is 36.5 Å². The summed E-state index contributed by atoms with van der Waals surface area (Å²) in [5.41, 5.74) is 5.97. The molecule has 5 saturated heterocycles. The molecule has 0 radical (unpaired) electrons. The number of hydrogen-bond donors (Lipinski definition) is 1. The molecule has 0 bridgehead atoms. The van der Waals surface area contributed by atoms with Gasteiger partial charge in [-0.15, -0.1) is 0 Å². The van der Waals surface area contributed by atoms with Gasteiger partial charge in [0.25, 0.3) is 17.7 Å². The minimum atomic E-state index is -0.490. The Bertz CT molecular complexity index is 3930. The fourth-order valence-corrected chi connectivity index (χ4v) is 12.2. The normalized spacial score (nSPS) is 18.2. The van der Waals surface area contributed by atoms with E-state index in [-0.39, 0.29) is 23.2 Å². The van der Waals surface area contributed by atoms with Gasteiger partial charge < -0.3 is 47.8 Å². The molecule has 23 heteroatoms. The smallest absolute Gasteiger partial charge is 0.261 e. The number of aryl methyl sites for hydroxylation is 6. The number of nitrogens with one attached hydrogen (secondary N) is 1. The van der Waals surface area contributed by atoms with Crippen LogP contribution in [0.25, 0.3) is 67.1 Å². The van der Waals surface area contributed by atoms with E-state index in [4.69, 9.17) is 37.7 Å². The van der Waals surface area contributed by atoms with Gasteiger partial charge in [0.2, 0.25) is 0 Å². The summed E-state index contributed by atoms with van der Waals surface area (Å²) in [7, 11) is 0. The van der Waals surface area contributed by atoms with Gasteiger partial charge in [0, 0.05) is 99.8 Å². The SMILES string of the molecule is CCc1cc(F)c2nc(N3CCC(=O)CC3)c(-c3nc(C)no3)cc2c1.CCc1cc(F)c2nc(N3CCC(N[C@@H]4CCCOC4)CC3)c(-c3nc(C)no3)cc2c1.CCc1cc(F)c2nc(N3CCC4(CC3)OCCO4)c(-c3nc(C)no3)cc2c1. The third-order valence-corrected chi connectivity index (χ3v) is 16.9. The van der Waals surface area contributed by atoms with Gasteiger partial charge in [0.15, 0.2) is 23.3 Å². The van der Waals surface area contributed by atoms with Crippen molar-refractivity contribution < 1.29 is 45.7 Å². The molecule has 87 heavy (non-hydrogen) atoms. The molecular formula is C64H72F3N13O7. The van der Waals surface area contributed by atoms with E-state index in [9.17, 15) is 18.0 Å². The number of ketones is 1. The van der Waals surface area contributed by atoms with Crippen LogP contribution in [0, 0.1) is 38.2 Å². The number of nitrogens with zero attached hydrogens (tertiary/aromatic N) is 12. The highest BCUT2D eigenvalue weighted by molar-refractivity contribution is 5.92. The molecule has 5 aliphatic heterocycles. The summed E-state index contributed by atoms with van der Waals surface area (Å²) in [5, 5.41) is 17.7. The number of anilines is 3. The summed E-state index contributed by atoms with van der Waals surface area (Å²) in [6.45, 7) is 18.4. The lowest BCUT2D eigenvalue weighted by molar-refractivity contribution is -0.169. The fraction of sp³-hybridized carbons (Fsp3) is 0.469. The van der Waals surface area contributed by atoms with Crippen molar-refractivity contribution in [3.05, 3.63) is 106 Å². The molecule has 5 aliphatic rings. The van der Waals surface area contributed by atoms with Crippen LogP contribution in [-0.4, -0.2) is 135 Å². The van der Waals surface area contributed by atoms with Gasteiger partial charge >= 0.3 is 0 Å². The number of fused-ring (bicyclic) bond motifs is 3. The average Bonchev–Trinajstić information content (AvgIpc) is 1.99. The number of piperidine rings is 3. The Hall–Kier alpha value is -7.99. The minimum absolute atomic E-state index is 0.232. The van der Waals surface area contributed by atoms with E-state index in [1.165, 1.54) is 12.5 Å². The topological polar surface area (TPSA) is 222 Å². The average molecular weight is 1190 g/mol. The Morgan fingerprint density at radius 2 is 0.908 bits per heavy atom. The third kappa shape index (κ3) is 13.0. The zero-order valence-electron chi connectivity index (χ0n) is 50.1. The Morgan fingerprint density at radius 1 is 0.506 bits per heavy atom. The number of hydrogen-bond acceptors (Lipinski definition) is 20. The van der Waals surface area contributed by atoms with Gasteiger partial charge in [0.1, 0.15) is 57.2 Å².